The first-order valence-electron chi connectivity index (χ1n) is 9.00. The molecule has 1 aliphatic heterocycles. The highest BCUT2D eigenvalue weighted by atomic mass is 35.5. The van der Waals surface area contributed by atoms with Crippen molar-refractivity contribution >= 4 is 35.0 Å². The molecule has 1 aromatic carbocycles. The van der Waals surface area contributed by atoms with Gasteiger partial charge in [0.25, 0.3) is 0 Å². The largest absolute Gasteiger partial charge is 0.324 e. The van der Waals surface area contributed by atoms with Crippen LogP contribution in [0.15, 0.2) is 36.4 Å². The topological polar surface area (TPSA) is 66.5 Å². The van der Waals surface area contributed by atoms with Gasteiger partial charge in [-0.05, 0) is 48.4 Å². The van der Waals surface area contributed by atoms with Crippen LogP contribution in [0.25, 0.3) is 0 Å². The fourth-order valence-corrected chi connectivity index (χ4v) is 4.79. The van der Waals surface area contributed by atoms with Gasteiger partial charge >= 0.3 is 0 Å². The van der Waals surface area contributed by atoms with E-state index in [0.717, 1.165) is 6.42 Å². The molecule has 1 saturated carbocycles. The van der Waals surface area contributed by atoms with E-state index in [2.05, 4.69) is 17.5 Å². The number of imide groups is 1. The van der Waals surface area contributed by atoms with Crippen LogP contribution in [-0.4, -0.2) is 28.7 Å². The Kier molecular flexibility index (Phi) is 4.14. The van der Waals surface area contributed by atoms with Crippen molar-refractivity contribution in [1.82, 2.24) is 4.90 Å². The maximum Gasteiger partial charge on any atom is 0.247 e. The lowest BCUT2D eigenvalue weighted by Gasteiger charge is -2.29. The molecule has 2 fully saturated rings. The van der Waals surface area contributed by atoms with Gasteiger partial charge in [-0.15, -0.1) is 0 Å². The summed E-state index contributed by atoms with van der Waals surface area (Å²) < 4.78 is 0. The van der Waals surface area contributed by atoms with E-state index in [1.807, 2.05) is 13.8 Å². The Hall–Kier alpha value is -2.14. The number of benzene rings is 1. The molecule has 2 bridgehead atoms. The van der Waals surface area contributed by atoms with Crippen LogP contribution in [0, 0.1) is 29.6 Å². The summed E-state index contributed by atoms with van der Waals surface area (Å²) in [5.41, 5.74) is 0.589. The van der Waals surface area contributed by atoms with Gasteiger partial charge < -0.3 is 5.32 Å². The smallest absolute Gasteiger partial charge is 0.247 e. The molecule has 1 saturated heterocycles. The lowest BCUT2D eigenvalue weighted by Crippen LogP contribution is -2.51. The highest BCUT2D eigenvalue weighted by molar-refractivity contribution is 6.30. The average Bonchev–Trinajstić information content (AvgIpc) is 3.26. The highest BCUT2D eigenvalue weighted by Crippen LogP contribution is 2.53. The minimum atomic E-state index is -0.810. The van der Waals surface area contributed by atoms with E-state index in [1.165, 1.54) is 4.90 Å². The van der Waals surface area contributed by atoms with Crippen LogP contribution in [0.3, 0.4) is 0 Å². The normalized spacial score (nSPS) is 30.2. The molecule has 3 aliphatic rings. The van der Waals surface area contributed by atoms with E-state index in [1.54, 1.807) is 24.3 Å². The number of allylic oxidation sites excluding steroid dienone is 2. The second-order valence-corrected chi connectivity index (χ2v) is 8.17. The predicted molar refractivity (Wildman–Crippen MR) is 98.3 cm³/mol. The molecule has 2 aliphatic carbocycles. The first kappa shape index (κ1) is 17.3. The molecule has 0 radical (unpaired) electrons. The predicted octanol–water partition coefficient (Wildman–Crippen LogP) is 3.11. The number of halogens is 1. The Morgan fingerprint density at radius 1 is 1.08 bits per heavy atom. The van der Waals surface area contributed by atoms with E-state index in [-0.39, 0.29) is 47.3 Å². The molecule has 0 aromatic heterocycles. The molecule has 1 heterocycles. The lowest BCUT2D eigenvalue weighted by molar-refractivity contribution is -0.148. The monoisotopic (exact) mass is 372 g/mol. The van der Waals surface area contributed by atoms with Gasteiger partial charge in [-0.3, -0.25) is 19.3 Å². The molecule has 136 valence electrons. The molecule has 26 heavy (non-hydrogen) atoms. The van der Waals surface area contributed by atoms with E-state index in [4.69, 9.17) is 11.6 Å². The van der Waals surface area contributed by atoms with Crippen molar-refractivity contribution in [2.45, 2.75) is 26.3 Å². The number of carbonyl (C=O) groups is 3. The second-order valence-electron chi connectivity index (χ2n) is 7.73. The Morgan fingerprint density at radius 2 is 1.62 bits per heavy atom. The highest BCUT2D eigenvalue weighted by Gasteiger charge is 2.61. The third-order valence-electron chi connectivity index (χ3n) is 5.79. The zero-order chi connectivity index (χ0) is 18.6. The molecule has 1 N–H and O–H groups in total. The summed E-state index contributed by atoms with van der Waals surface area (Å²) in [5.74, 6) is -1.21. The molecule has 3 amide bonds. The third-order valence-corrected chi connectivity index (χ3v) is 6.05. The molecule has 4 rings (SSSR count). The van der Waals surface area contributed by atoms with E-state index < -0.39 is 6.04 Å². The fraction of sp³-hybridized carbons (Fsp3) is 0.450. The van der Waals surface area contributed by atoms with Gasteiger partial charge in [-0.1, -0.05) is 37.6 Å². The van der Waals surface area contributed by atoms with E-state index >= 15 is 0 Å². The molecule has 6 heteroatoms. The minimum absolute atomic E-state index is 0.138. The number of amides is 3. The fourth-order valence-electron chi connectivity index (χ4n) is 4.67. The number of fused-ring (bicyclic) bond motifs is 5. The van der Waals surface area contributed by atoms with Crippen LogP contribution in [0.5, 0.6) is 0 Å². The summed E-state index contributed by atoms with van der Waals surface area (Å²) in [4.78, 5) is 40.2. The number of rotatable bonds is 4. The van der Waals surface area contributed by atoms with Crippen LogP contribution in [-0.2, 0) is 14.4 Å². The van der Waals surface area contributed by atoms with Crippen molar-refractivity contribution in [3.05, 3.63) is 41.4 Å². The number of nitrogens with one attached hydrogen (secondary N) is 1. The van der Waals surface area contributed by atoms with Gasteiger partial charge in [0, 0.05) is 10.7 Å². The zero-order valence-electron chi connectivity index (χ0n) is 14.7. The summed E-state index contributed by atoms with van der Waals surface area (Å²) in [6.07, 6.45) is 4.99. The van der Waals surface area contributed by atoms with Crippen molar-refractivity contribution in [3.8, 4) is 0 Å². The van der Waals surface area contributed by atoms with Gasteiger partial charge in [0.15, 0.2) is 0 Å². The molecule has 0 spiro atoms. The van der Waals surface area contributed by atoms with Gasteiger partial charge in [0.1, 0.15) is 6.04 Å². The van der Waals surface area contributed by atoms with E-state index in [9.17, 15) is 14.4 Å². The van der Waals surface area contributed by atoms with Crippen LogP contribution < -0.4 is 5.32 Å². The van der Waals surface area contributed by atoms with Crippen LogP contribution in [0.2, 0.25) is 5.02 Å². The Morgan fingerprint density at radius 3 is 2.12 bits per heavy atom. The Bertz CT molecular complexity index is 772. The average molecular weight is 373 g/mol. The van der Waals surface area contributed by atoms with Gasteiger partial charge in [0.2, 0.25) is 17.7 Å². The summed E-state index contributed by atoms with van der Waals surface area (Å²) in [6.45, 7) is 3.71. The first-order chi connectivity index (χ1) is 12.4. The lowest BCUT2D eigenvalue weighted by atomic mass is 9.85. The number of carbonyl (C=O) groups excluding carboxylic acids is 3. The summed E-state index contributed by atoms with van der Waals surface area (Å²) in [6, 6.07) is 5.95. The maximum absolute atomic E-state index is 13.0. The van der Waals surface area contributed by atoms with Crippen molar-refractivity contribution < 1.29 is 14.4 Å². The van der Waals surface area contributed by atoms with Gasteiger partial charge in [0.05, 0.1) is 11.8 Å². The third kappa shape index (κ3) is 2.57. The van der Waals surface area contributed by atoms with Gasteiger partial charge in [-0.2, -0.15) is 0 Å². The van der Waals surface area contributed by atoms with Crippen molar-refractivity contribution in [1.29, 1.82) is 0 Å². The first-order valence-corrected chi connectivity index (χ1v) is 9.38. The van der Waals surface area contributed by atoms with Crippen molar-refractivity contribution in [2.75, 3.05) is 5.32 Å². The molecular formula is C20H21ClN2O3. The molecular weight excluding hydrogens is 352 g/mol. The minimum Gasteiger partial charge on any atom is -0.324 e. The van der Waals surface area contributed by atoms with Crippen LogP contribution >= 0.6 is 11.6 Å². The molecule has 5 atom stereocenters. The van der Waals surface area contributed by atoms with Crippen molar-refractivity contribution in [2.24, 2.45) is 29.6 Å². The Balaban J connectivity index is 1.59. The van der Waals surface area contributed by atoms with Crippen molar-refractivity contribution in [3.63, 3.8) is 0 Å². The molecule has 5 nitrogen and oxygen atoms in total. The summed E-state index contributed by atoms with van der Waals surface area (Å²) in [7, 11) is 0. The number of likely N-dealkylation sites (tertiary alicyclic amines) is 1. The quantitative estimate of drug-likeness (QED) is 0.652. The zero-order valence-corrected chi connectivity index (χ0v) is 15.4. The molecule has 1 aromatic rings. The van der Waals surface area contributed by atoms with E-state index in [0.29, 0.717) is 10.7 Å². The number of anilines is 1. The number of hydrogen-bond donors (Lipinski definition) is 1. The van der Waals surface area contributed by atoms with Crippen LogP contribution in [0.4, 0.5) is 5.69 Å². The standard InChI is InChI=1S/C20H21ClN2O3/c1-10(2)17(18(24)22-14-7-5-13(21)6-8-14)23-19(25)15-11-3-4-12(9-11)16(15)20(23)26/h3-8,10-12,15-17H,9H2,1-2H3,(H,22,24)/t11?,12?,15?,16?,17-/m0/s1. The SMILES string of the molecule is CC(C)[C@@H](C(=O)Nc1ccc(Cl)cc1)N1C(=O)C2C3C=CC(C3)C2C1=O. The van der Waals surface area contributed by atoms with Gasteiger partial charge in [-0.25, -0.2) is 0 Å². The molecule has 4 unspecified atom stereocenters. The summed E-state index contributed by atoms with van der Waals surface area (Å²) in [5, 5.41) is 3.39. The maximum atomic E-state index is 13.0. The number of nitrogens with zero attached hydrogens (tertiary/aromatic N) is 1. The second kappa shape index (κ2) is 6.23. The Labute approximate surface area is 157 Å². The number of hydrogen-bond acceptors (Lipinski definition) is 3. The van der Waals surface area contributed by atoms with Crippen LogP contribution in [0.1, 0.15) is 20.3 Å². The summed E-state index contributed by atoms with van der Waals surface area (Å²) >= 11 is 5.87.